The lowest BCUT2D eigenvalue weighted by atomic mass is 9.88. The number of benzene rings is 1. The number of likely N-dealkylation sites (tertiary alicyclic amines) is 1. The molecule has 216 valence electrons. The number of hydrogen-bond donors (Lipinski definition) is 2. The van der Waals surface area contributed by atoms with Gasteiger partial charge in [-0.15, -0.1) is 0 Å². The smallest absolute Gasteiger partial charge is 0.433 e. The van der Waals surface area contributed by atoms with E-state index < -0.39 is 29.1 Å². The molecule has 0 saturated carbocycles. The molecule has 1 unspecified atom stereocenters. The SMILES string of the molecule is CC(C)(C)OC(=O)N1CC(Nc2nc(-c3c[nH]c4c(Cl)c(C#N)ccc34)c(C(F)(F)F)n3ccnc23)CCC1(C)C. The van der Waals surface area contributed by atoms with Gasteiger partial charge in [0.1, 0.15) is 17.4 Å². The second-order valence-corrected chi connectivity index (χ2v) is 12.1. The molecule has 1 aliphatic heterocycles. The van der Waals surface area contributed by atoms with Gasteiger partial charge in [0.25, 0.3) is 0 Å². The summed E-state index contributed by atoms with van der Waals surface area (Å²) in [6.07, 6.45) is -0.0586. The minimum atomic E-state index is -4.78. The number of carbonyl (C=O) groups is 1. The predicted octanol–water partition coefficient (Wildman–Crippen LogP) is 7.01. The largest absolute Gasteiger partial charge is 0.444 e. The molecule has 1 fully saturated rings. The Balaban J connectivity index is 1.60. The summed E-state index contributed by atoms with van der Waals surface area (Å²) in [5, 5.41) is 13.1. The standard InChI is InChI=1S/C28H29ClF3N7O2/c1-26(2,3)41-25(40)39-14-16(8-9-27(39,4)5)36-23-24-34-10-11-38(24)22(28(30,31)32)21(37-23)18-13-35-20-17(18)7-6-15(12-33)19(20)29/h6-7,10-11,13,16,35H,8-9,14H2,1-5H3,(H,36,37). The third-order valence-corrected chi connectivity index (χ3v) is 7.56. The van der Waals surface area contributed by atoms with Gasteiger partial charge in [-0.1, -0.05) is 17.7 Å². The molecule has 0 bridgehead atoms. The second kappa shape index (κ2) is 9.83. The van der Waals surface area contributed by atoms with Crippen molar-refractivity contribution in [2.75, 3.05) is 11.9 Å². The third-order valence-electron chi connectivity index (χ3n) is 7.17. The van der Waals surface area contributed by atoms with E-state index in [1.165, 1.54) is 24.7 Å². The fraction of sp³-hybridized carbons (Fsp3) is 0.429. The second-order valence-electron chi connectivity index (χ2n) is 11.7. The lowest BCUT2D eigenvalue weighted by molar-refractivity contribution is -0.141. The zero-order valence-corrected chi connectivity index (χ0v) is 23.9. The minimum Gasteiger partial charge on any atom is -0.444 e. The van der Waals surface area contributed by atoms with Gasteiger partial charge in [0.05, 0.1) is 16.1 Å². The van der Waals surface area contributed by atoms with Gasteiger partial charge in [-0.25, -0.2) is 14.8 Å². The average Bonchev–Trinajstić information content (AvgIpc) is 3.51. The van der Waals surface area contributed by atoms with Crippen molar-refractivity contribution in [2.24, 2.45) is 0 Å². The number of hydrogen-bond acceptors (Lipinski definition) is 6. The summed E-state index contributed by atoms with van der Waals surface area (Å²) in [5.41, 5.74) is -1.81. The number of ether oxygens (including phenoxy) is 1. The van der Waals surface area contributed by atoms with E-state index in [-0.39, 0.29) is 45.9 Å². The molecule has 0 radical (unpaired) electrons. The van der Waals surface area contributed by atoms with Crippen LogP contribution in [0.4, 0.5) is 23.8 Å². The molecule has 1 aliphatic rings. The van der Waals surface area contributed by atoms with Gasteiger partial charge in [0.2, 0.25) is 0 Å². The topological polar surface area (TPSA) is 111 Å². The lowest BCUT2D eigenvalue weighted by Crippen LogP contribution is -2.57. The fourth-order valence-electron chi connectivity index (χ4n) is 5.16. The maximum atomic E-state index is 14.6. The summed E-state index contributed by atoms with van der Waals surface area (Å²) < 4.78 is 50.2. The Morgan fingerprint density at radius 3 is 2.68 bits per heavy atom. The number of nitrogens with zero attached hydrogens (tertiary/aromatic N) is 5. The van der Waals surface area contributed by atoms with Crippen molar-refractivity contribution in [3.05, 3.63) is 47.0 Å². The van der Waals surface area contributed by atoms with Crippen LogP contribution >= 0.6 is 11.6 Å². The van der Waals surface area contributed by atoms with Gasteiger partial charge in [0.15, 0.2) is 17.2 Å². The highest BCUT2D eigenvalue weighted by atomic mass is 35.5. The Bertz CT molecular complexity index is 1700. The van der Waals surface area contributed by atoms with Crippen LogP contribution in [0.1, 0.15) is 58.7 Å². The first kappa shape index (κ1) is 28.5. The van der Waals surface area contributed by atoms with Crippen molar-refractivity contribution in [1.29, 1.82) is 5.26 Å². The number of alkyl halides is 3. The van der Waals surface area contributed by atoms with Crippen LogP contribution in [0.3, 0.4) is 0 Å². The van der Waals surface area contributed by atoms with Crippen LogP contribution in [0.15, 0.2) is 30.7 Å². The summed E-state index contributed by atoms with van der Waals surface area (Å²) in [7, 11) is 0. The number of amides is 1. The number of anilines is 1. The molecule has 9 nitrogen and oxygen atoms in total. The Labute approximate surface area is 239 Å². The van der Waals surface area contributed by atoms with E-state index in [1.807, 2.05) is 19.9 Å². The minimum absolute atomic E-state index is 0.000586. The Morgan fingerprint density at radius 1 is 1.29 bits per heavy atom. The van der Waals surface area contributed by atoms with Gasteiger partial charge >= 0.3 is 12.3 Å². The maximum absolute atomic E-state index is 14.6. The Hall–Kier alpha value is -3.98. The molecule has 5 rings (SSSR count). The van der Waals surface area contributed by atoms with E-state index in [4.69, 9.17) is 16.3 Å². The van der Waals surface area contributed by atoms with Gasteiger partial charge in [-0.2, -0.15) is 18.4 Å². The third kappa shape index (κ3) is 5.26. The van der Waals surface area contributed by atoms with Crippen molar-refractivity contribution in [3.63, 3.8) is 0 Å². The Morgan fingerprint density at radius 2 is 2.02 bits per heavy atom. The highest BCUT2D eigenvalue weighted by molar-refractivity contribution is 6.36. The first-order valence-corrected chi connectivity index (χ1v) is 13.4. The normalized spacial score (nSPS) is 17.6. The molecular formula is C28H29ClF3N7O2. The number of carbonyl (C=O) groups excluding carboxylic acids is 1. The van der Waals surface area contributed by atoms with Crippen molar-refractivity contribution in [3.8, 4) is 17.3 Å². The van der Waals surface area contributed by atoms with Crippen LogP contribution in [0, 0.1) is 11.3 Å². The van der Waals surface area contributed by atoms with E-state index >= 15 is 0 Å². The van der Waals surface area contributed by atoms with E-state index in [2.05, 4.69) is 20.3 Å². The molecule has 4 aromatic rings. The number of rotatable bonds is 3. The van der Waals surface area contributed by atoms with Gasteiger partial charge in [0, 0.05) is 47.7 Å². The van der Waals surface area contributed by atoms with Crippen LogP contribution in [0.25, 0.3) is 27.8 Å². The highest BCUT2D eigenvalue weighted by Gasteiger charge is 2.42. The molecule has 3 aromatic heterocycles. The molecule has 0 aliphatic carbocycles. The molecule has 1 saturated heterocycles. The zero-order valence-electron chi connectivity index (χ0n) is 23.1. The van der Waals surface area contributed by atoms with Crippen LogP contribution < -0.4 is 5.32 Å². The molecule has 1 atom stereocenters. The Kier molecular flexibility index (Phi) is 6.85. The van der Waals surface area contributed by atoms with Crippen LogP contribution in [-0.4, -0.2) is 54.1 Å². The quantitative estimate of drug-likeness (QED) is 0.267. The first-order valence-electron chi connectivity index (χ1n) is 13.0. The number of fused-ring (bicyclic) bond motifs is 2. The molecule has 4 heterocycles. The first-order chi connectivity index (χ1) is 19.1. The van der Waals surface area contributed by atoms with Crippen LogP contribution in [0.2, 0.25) is 5.02 Å². The number of piperidine rings is 1. The monoisotopic (exact) mass is 587 g/mol. The number of H-pyrrole nitrogens is 1. The van der Waals surface area contributed by atoms with Crippen LogP contribution in [-0.2, 0) is 10.9 Å². The van der Waals surface area contributed by atoms with Gasteiger partial charge in [-0.3, -0.25) is 4.40 Å². The van der Waals surface area contributed by atoms with Crippen molar-refractivity contribution in [1.82, 2.24) is 24.3 Å². The molecule has 2 N–H and O–H groups in total. The van der Waals surface area contributed by atoms with E-state index in [9.17, 15) is 23.2 Å². The summed E-state index contributed by atoms with van der Waals surface area (Å²) in [4.78, 5) is 26.3. The van der Waals surface area contributed by atoms with Crippen molar-refractivity contribution in [2.45, 2.75) is 70.8 Å². The summed E-state index contributed by atoms with van der Waals surface area (Å²) >= 11 is 6.35. The fourth-order valence-corrected chi connectivity index (χ4v) is 5.42. The van der Waals surface area contributed by atoms with Gasteiger partial charge < -0.3 is 19.9 Å². The molecular weight excluding hydrogens is 559 g/mol. The van der Waals surface area contributed by atoms with E-state index in [0.717, 1.165) is 4.40 Å². The van der Waals surface area contributed by atoms with Crippen molar-refractivity contribution < 1.29 is 22.7 Å². The van der Waals surface area contributed by atoms with E-state index in [1.54, 1.807) is 31.7 Å². The van der Waals surface area contributed by atoms with Gasteiger partial charge in [-0.05, 0) is 53.5 Å². The molecule has 13 heteroatoms. The average molecular weight is 588 g/mol. The predicted molar refractivity (Wildman–Crippen MR) is 149 cm³/mol. The maximum Gasteiger partial charge on any atom is 0.433 e. The number of halogens is 4. The molecule has 1 aromatic carbocycles. The van der Waals surface area contributed by atoms with Crippen molar-refractivity contribution >= 4 is 40.1 Å². The zero-order chi connectivity index (χ0) is 29.9. The highest BCUT2D eigenvalue weighted by Crippen LogP contribution is 2.42. The number of imidazole rings is 1. The molecule has 0 spiro atoms. The number of aromatic amines is 1. The molecule has 41 heavy (non-hydrogen) atoms. The number of aromatic nitrogens is 4. The lowest BCUT2D eigenvalue weighted by Gasteiger charge is -2.45. The molecule has 1 amide bonds. The van der Waals surface area contributed by atoms with Crippen LogP contribution in [0.5, 0.6) is 0 Å². The number of nitriles is 1. The summed E-state index contributed by atoms with van der Waals surface area (Å²) in [6, 6.07) is 4.64. The number of nitrogens with one attached hydrogen (secondary N) is 2. The summed E-state index contributed by atoms with van der Waals surface area (Å²) in [6.45, 7) is 9.53. The van der Waals surface area contributed by atoms with E-state index in [0.29, 0.717) is 23.7 Å². The summed E-state index contributed by atoms with van der Waals surface area (Å²) in [5.74, 6) is 0.140.